The molecule has 0 aliphatic rings. The Morgan fingerprint density at radius 3 is 2.42 bits per heavy atom. The van der Waals surface area contributed by atoms with Gasteiger partial charge in [-0.2, -0.15) is 0 Å². The van der Waals surface area contributed by atoms with E-state index in [2.05, 4.69) is 20.3 Å². The topological polar surface area (TPSA) is 243 Å². The van der Waals surface area contributed by atoms with Crippen molar-refractivity contribution >= 4 is 44.5 Å². The van der Waals surface area contributed by atoms with Crippen LogP contribution in [0.2, 0.25) is 0 Å². The second kappa shape index (κ2) is 15.1. The standard InChI is InChI=1S/C28H37N7O7S/c1-2-43(40,41)35-24(13-19-16-32-22-8-7-20(14-21(19)22)42-12-11-36)28(39)34-23(9-10-25(29)37)27(38)33-15-17-3-5-18(6-4-17)26(30)31/h3-8,14,16,23-24,32,35-36H,2,9-13,15H2,1H3,(H2,29,37)(H3,30,31)(H,33,38)(H,34,39). The van der Waals surface area contributed by atoms with Crippen molar-refractivity contribution < 1.29 is 32.6 Å². The molecule has 43 heavy (non-hydrogen) atoms. The summed E-state index contributed by atoms with van der Waals surface area (Å²) in [5.41, 5.74) is 13.3. The molecule has 3 aromatic rings. The van der Waals surface area contributed by atoms with Crippen LogP contribution in [-0.4, -0.2) is 73.1 Å². The van der Waals surface area contributed by atoms with E-state index in [-0.39, 0.29) is 50.6 Å². The molecule has 2 aromatic carbocycles. The number of nitrogen functional groups attached to an aromatic ring is 1. The van der Waals surface area contributed by atoms with Crippen LogP contribution in [0.15, 0.2) is 48.7 Å². The lowest BCUT2D eigenvalue weighted by atomic mass is 10.0. The van der Waals surface area contributed by atoms with Crippen LogP contribution in [0.25, 0.3) is 10.9 Å². The Bertz CT molecular complexity index is 1560. The molecule has 0 spiro atoms. The first-order valence-electron chi connectivity index (χ1n) is 13.6. The highest BCUT2D eigenvalue weighted by atomic mass is 32.2. The number of ether oxygens (including phenoxy) is 1. The predicted molar refractivity (Wildman–Crippen MR) is 161 cm³/mol. The van der Waals surface area contributed by atoms with Gasteiger partial charge in [-0.1, -0.05) is 24.3 Å². The van der Waals surface area contributed by atoms with E-state index in [1.807, 2.05) is 0 Å². The van der Waals surface area contributed by atoms with E-state index in [0.717, 1.165) is 5.52 Å². The smallest absolute Gasteiger partial charge is 0.242 e. The van der Waals surface area contributed by atoms with Crippen molar-refractivity contribution in [1.82, 2.24) is 20.3 Å². The Morgan fingerprint density at radius 1 is 1.07 bits per heavy atom. The number of aromatic nitrogens is 1. The van der Waals surface area contributed by atoms with Gasteiger partial charge in [-0.3, -0.25) is 19.8 Å². The van der Waals surface area contributed by atoms with Crippen LogP contribution in [0.3, 0.4) is 0 Å². The molecule has 15 heteroatoms. The van der Waals surface area contributed by atoms with Crippen LogP contribution in [0.5, 0.6) is 5.75 Å². The number of aliphatic hydroxyl groups is 1. The van der Waals surface area contributed by atoms with E-state index < -0.39 is 39.8 Å². The summed E-state index contributed by atoms with van der Waals surface area (Å²) in [6, 6.07) is 9.33. The van der Waals surface area contributed by atoms with Gasteiger partial charge in [0.25, 0.3) is 0 Å². The molecular formula is C28H37N7O7S. The molecule has 0 saturated carbocycles. The van der Waals surface area contributed by atoms with Gasteiger partial charge < -0.3 is 36.9 Å². The van der Waals surface area contributed by atoms with Crippen molar-refractivity contribution in [3.05, 3.63) is 65.4 Å². The normalized spacial score (nSPS) is 12.8. The van der Waals surface area contributed by atoms with E-state index in [4.69, 9.17) is 26.7 Å². The monoisotopic (exact) mass is 615 g/mol. The molecule has 10 N–H and O–H groups in total. The number of H-pyrrole nitrogens is 1. The lowest BCUT2D eigenvalue weighted by molar-refractivity contribution is -0.130. The number of carbonyl (C=O) groups excluding carboxylic acids is 3. The Kier molecular flexibility index (Phi) is 11.6. The van der Waals surface area contributed by atoms with Crippen molar-refractivity contribution in [2.45, 2.75) is 44.8 Å². The molecule has 0 fully saturated rings. The Balaban J connectivity index is 1.81. The Hall–Kier alpha value is -4.47. The average molecular weight is 616 g/mol. The van der Waals surface area contributed by atoms with Gasteiger partial charge in [0.2, 0.25) is 27.7 Å². The zero-order chi connectivity index (χ0) is 31.6. The van der Waals surface area contributed by atoms with Gasteiger partial charge in [0.15, 0.2) is 0 Å². The van der Waals surface area contributed by atoms with Crippen LogP contribution in [-0.2, 0) is 37.4 Å². The number of nitrogens with two attached hydrogens (primary N) is 2. The highest BCUT2D eigenvalue weighted by Crippen LogP contribution is 2.25. The molecule has 0 aliphatic carbocycles. The number of carbonyl (C=O) groups is 3. The fourth-order valence-corrected chi connectivity index (χ4v) is 5.02. The van der Waals surface area contributed by atoms with Gasteiger partial charge in [-0.05, 0) is 49.1 Å². The third-order valence-corrected chi connectivity index (χ3v) is 7.99. The number of sulfonamides is 1. The first kappa shape index (κ1) is 33.0. The lowest BCUT2D eigenvalue weighted by Gasteiger charge is -2.23. The van der Waals surface area contributed by atoms with Crippen LogP contribution in [0.1, 0.15) is 36.5 Å². The summed E-state index contributed by atoms with van der Waals surface area (Å²) >= 11 is 0. The number of benzene rings is 2. The third-order valence-electron chi connectivity index (χ3n) is 6.59. The molecular weight excluding hydrogens is 578 g/mol. The zero-order valence-electron chi connectivity index (χ0n) is 23.7. The molecule has 1 heterocycles. The van der Waals surface area contributed by atoms with E-state index in [9.17, 15) is 22.8 Å². The van der Waals surface area contributed by atoms with E-state index in [1.165, 1.54) is 6.92 Å². The van der Waals surface area contributed by atoms with Crippen molar-refractivity contribution in [2.24, 2.45) is 11.5 Å². The van der Waals surface area contributed by atoms with Gasteiger partial charge in [0, 0.05) is 35.6 Å². The summed E-state index contributed by atoms with van der Waals surface area (Å²) in [4.78, 5) is 41.2. The van der Waals surface area contributed by atoms with Crippen molar-refractivity contribution in [2.75, 3.05) is 19.0 Å². The molecule has 0 aliphatic heterocycles. The number of amidine groups is 1. The van der Waals surface area contributed by atoms with E-state index in [1.54, 1.807) is 48.7 Å². The minimum atomic E-state index is -3.85. The predicted octanol–water partition coefficient (Wildman–Crippen LogP) is -0.260. The maximum Gasteiger partial charge on any atom is 0.242 e. The van der Waals surface area contributed by atoms with E-state index in [0.29, 0.717) is 27.8 Å². The number of primary amides is 1. The second-order valence-corrected chi connectivity index (χ2v) is 11.8. The summed E-state index contributed by atoms with van der Waals surface area (Å²) in [6.07, 6.45) is 1.27. The maximum atomic E-state index is 13.5. The molecule has 0 radical (unpaired) electrons. The van der Waals surface area contributed by atoms with Crippen molar-refractivity contribution in [3.8, 4) is 5.75 Å². The highest BCUT2D eigenvalue weighted by molar-refractivity contribution is 7.89. The summed E-state index contributed by atoms with van der Waals surface area (Å²) < 4.78 is 33.0. The molecule has 232 valence electrons. The van der Waals surface area contributed by atoms with Crippen LogP contribution >= 0.6 is 0 Å². The van der Waals surface area contributed by atoms with Gasteiger partial charge in [0.05, 0.1) is 12.4 Å². The molecule has 1 aromatic heterocycles. The summed E-state index contributed by atoms with van der Waals surface area (Å²) in [5.74, 6) is -1.93. The first-order chi connectivity index (χ1) is 20.4. The van der Waals surface area contributed by atoms with Gasteiger partial charge >= 0.3 is 0 Å². The minimum absolute atomic E-state index is 0.0683. The first-order valence-corrected chi connectivity index (χ1v) is 15.2. The molecule has 2 unspecified atom stereocenters. The number of fused-ring (bicyclic) bond motifs is 1. The van der Waals surface area contributed by atoms with Crippen LogP contribution < -0.4 is 31.6 Å². The average Bonchev–Trinajstić information content (AvgIpc) is 3.38. The fraction of sp³-hybridized carbons (Fsp3) is 0.357. The number of hydrogen-bond acceptors (Lipinski definition) is 8. The van der Waals surface area contributed by atoms with E-state index >= 15 is 0 Å². The number of aromatic amines is 1. The molecule has 2 atom stereocenters. The maximum absolute atomic E-state index is 13.5. The molecule has 0 bridgehead atoms. The Morgan fingerprint density at radius 2 is 1.79 bits per heavy atom. The summed E-state index contributed by atoms with van der Waals surface area (Å²) in [7, 11) is -3.85. The number of hydrogen-bond donors (Lipinski definition) is 8. The minimum Gasteiger partial charge on any atom is -0.491 e. The zero-order valence-corrected chi connectivity index (χ0v) is 24.5. The number of aliphatic hydroxyl groups excluding tert-OH is 1. The number of rotatable bonds is 17. The summed E-state index contributed by atoms with van der Waals surface area (Å²) in [6.45, 7) is 1.43. The molecule has 3 amide bonds. The van der Waals surface area contributed by atoms with Crippen LogP contribution in [0.4, 0.5) is 0 Å². The summed E-state index contributed by atoms with van der Waals surface area (Å²) in [5, 5.41) is 22.5. The number of nitrogens with one attached hydrogen (secondary N) is 5. The third kappa shape index (κ3) is 9.80. The second-order valence-electron chi connectivity index (χ2n) is 9.77. The van der Waals surface area contributed by atoms with Crippen molar-refractivity contribution in [1.29, 1.82) is 5.41 Å². The largest absolute Gasteiger partial charge is 0.491 e. The van der Waals surface area contributed by atoms with Crippen molar-refractivity contribution in [3.63, 3.8) is 0 Å². The Labute approximate surface area is 249 Å². The quantitative estimate of drug-likeness (QED) is 0.0741. The fourth-order valence-electron chi connectivity index (χ4n) is 4.23. The SMILES string of the molecule is CCS(=O)(=O)NC(Cc1c[nH]c2ccc(OCCO)cc12)C(=O)NC(CCC(N)=O)C(=O)NCc1ccc(C(=N)N)cc1. The lowest BCUT2D eigenvalue weighted by Crippen LogP contribution is -2.54. The van der Waals surface area contributed by atoms with Crippen LogP contribution in [0, 0.1) is 5.41 Å². The molecule has 14 nitrogen and oxygen atoms in total. The number of amides is 3. The van der Waals surface area contributed by atoms with Gasteiger partial charge in [0.1, 0.15) is 30.3 Å². The molecule has 0 saturated heterocycles. The van der Waals surface area contributed by atoms with Gasteiger partial charge in [-0.25, -0.2) is 13.1 Å². The molecule has 3 rings (SSSR count). The highest BCUT2D eigenvalue weighted by Gasteiger charge is 2.29. The van der Waals surface area contributed by atoms with Gasteiger partial charge in [-0.15, -0.1) is 0 Å².